The molecule has 0 nitrogen and oxygen atoms in total. The smallest absolute Gasteiger partial charge is 0.0121 e. The quantitative estimate of drug-likeness (QED) is 0.163. The molecule has 0 N–H and O–H groups in total. The van der Waals surface area contributed by atoms with Gasteiger partial charge in [0.1, 0.15) is 0 Å². The van der Waals surface area contributed by atoms with Gasteiger partial charge in [0.05, 0.1) is 0 Å². The predicted octanol–water partition coefficient (Wildman–Crippen LogP) is 9.93. The molecule has 4 aromatic rings. The highest BCUT2D eigenvalue weighted by Gasteiger charge is 2.29. The SMILES string of the molecule is CC(C)P(c1cc(-c2ccccc2)ccc1P(C)c1ccc(-c2ccccc2)cc1P(C(C)C)C(C)C)C(C)C. The van der Waals surface area contributed by atoms with E-state index in [2.05, 4.69) is 159 Å². The van der Waals surface area contributed by atoms with Crippen LogP contribution in [0.15, 0.2) is 97.1 Å². The van der Waals surface area contributed by atoms with Crippen LogP contribution in [-0.4, -0.2) is 29.3 Å². The number of hydrogen-bond donors (Lipinski definition) is 0. The maximum atomic E-state index is 2.56. The molecule has 3 heteroatoms. The fraction of sp³-hybridized carbons (Fsp3) is 0.351. The normalized spacial score (nSPS) is 12.2. The van der Waals surface area contributed by atoms with Crippen LogP contribution in [0.2, 0.25) is 0 Å². The Balaban J connectivity index is 1.92. The Morgan fingerprint density at radius 3 is 1.00 bits per heavy atom. The number of hydrogen-bond acceptors (Lipinski definition) is 0. The van der Waals surface area contributed by atoms with Crippen molar-refractivity contribution >= 4 is 45.0 Å². The minimum absolute atomic E-state index is 0.295. The Bertz CT molecular complexity index is 1250. The maximum absolute atomic E-state index is 2.56. The third kappa shape index (κ3) is 6.96. The Morgan fingerprint density at radius 2 is 0.700 bits per heavy atom. The maximum Gasteiger partial charge on any atom is -0.0121 e. The Hall–Kier alpha value is -1.83. The second-order valence-electron chi connectivity index (χ2n) is 11.9. The van der Waals surface area contributed by atoms with Gasteiger partial charge in [0.2, 0.25) is 0 Å². The minimum atomic E-state index is -0.507. The number of rotatable bonds is 10. The topological polar surface area (TPSA) is 0 Å². The van der Waals surface area contributed by atoms with E-state index in [0.717, 1.165) is 0 Å². The first-order valence-corrected chi connectivity index (χ1v) is 19.5. The van der Waals surface area contributed by atoms with Gasteiger partial charge < -0.3 is 0 Å². The van der Waals surface area contributed by atoms with Crippen LogP contribution < -0.4 is 21.2 Å². The van der Waals surface area contributed by atoms with Crippen LogP contribution in [0, 0.1) is 0 Å². The highest BCUT2D eigenvalue weighted by molar-refractivity contribution is 7.78. The third-order valence-corrected chi connectivity index (χ3v) is 16.6. The second kappa shape index (κ2) is 13.9. The van der Waals surface area contributed by atoms with E-state index >= 15 is 0 Å². The van der Waals surface area contributed by atoms with Crippen molar-refractivity contribution in [2.24, 2.45) is 0 Å². The zero-order chi connectivity index (χ0) is 29.0. The van der Waals surface area contributed by atoms with Crippen molar-refractivity contribution in [1.82, 2.24) is 0 Å². The van der Waals surface area contributed by atoms with E-state index in [9.17, 15) is 0 Å². The van der Waals surface area contributed by atoms with Crippen molar-refractivity contribution in [2.75, 3.05) is 6.66 Å². The highest BCUT2D eigenvalue weighted by atomic mass is 31.1. The lowest BCUT2D eigenvalue weighted by atomic mass is 10.1. The summed E-state index contributed by atoms with van der Waals surface area (Å²) in [6, 6.07) is 36.7. The van der Waals surface area contributed by atoms with Gasteiger partial charge in [0, 0.05) is 0 Å². The molecular weight excluding hydrogens is 537 g/mol. The molecule has 0 bridgehead atoms. The summed E-state index contributed by atoms with van der Waals surface area (Å²) in [5.41, 5.74) is 7.91. The Labute approximate surface area is 248 Å². The van der Waals surface area contributed by atoms with Gasteiger partial charge in [-0.15, -0.1) is 0 Å². The lowest BCUT2D eigenvalue weighted by Crippen LogP contribution is -2.34. The van der Waals surface area contributed by atoms with Gasteiger partial charge in [-0.25, -0.2) is 0 Å². The molecule has 4 aromatic carbocycles. The highest BCUT2D eigenvalue weighted by Crippen LogP contribution is 2.49. The fourth-order valence-corrected chi connectivity index (χ4v) is 15.2. The molecular formula is C37H47P3. The van der Waals surface area contributed by atoms with Gasteiger partial charge in [-0.1, -0.05) is 156 Å². The van der Waals surface area contributed by atoms with E-state index in [4.69, 9.17) is 0 Å². The van der Waals surface area contributed by atoms with Gasteiger partial charge in [-0.05, 0) is 92.8 Å². The van der Waals surface area contributed by atoms with E-state index in [1.807, 2.05) is 0 Å². The molecule has 0 atom stereocenters. The van der Waals surface area contributed by atoms with E-state index in [1.54, 1.807) is 21.2 Å². The van der Waals surface area contributed by atoms with Crippen LogP contribution in [0.3, 0.4) is 0 Å². The lowest BCUT2D eigenvalue weighted by molar-refractivity contribution is 1.02. The van der Waals surface area contributed by atoms with Crippen LogP contribution in [-0.2, 0) is 0 Å². The summed E-state index contributed by atoms with van der Waals surface area (Å²) in [7, 11) is -1.10. The van der Waals surface area contributed by atoms with Crippen molar-refractivity contribution < 1.29 is 0 Å². The first-order valence-electron chi connectivity index (χ1n) is 14.8. The van der Waals surface area contributed by atoms with Gasteiger partial charge in [0.25, 0.3) is 0 Å². The second-order valence-corrected chi connectivity index (χ2v) is 20.7. The number of benzene rings is 4. The molecule has 0 aliphatic rings. The molecule has 40 heavy (non-hydrogen) atoms. The molecule has 0 saturated heterocycles. The Kier molecular flexibility index (Phi) is 10.8. The molecule has 0 radical (unpaired) electrons. The standard InChI is InChI=1S/C37H47P3/c1-26(2)39(27(3)4)36-24-32(30-16-12-10-13-17-30)20-22-34(36)38(9)35-23-21-33(31-18-14-11-15-19-31)25-37(35)40(28(5)6)29(7)8/h10-29H,1-9H3. The van der Waals surface area contributed by atoms with Crippen LogP contribution in [0.1, 0.15) is 55.4 Å². The monoisotopic (exact) mass is 584 g/mol. The molecule has 0 heterocycles. The molecule has 0 unspecified atom stereocenters. The fourth-order valence-electron chi connectivity index (χ4n) is 6.08. The summed E-state index contributed by atoms with van der Waals surface area (Å²) in [6.45, 7) is 22.0. The summed E-state index contributed by atoms with van der Waals surface area (Å²) in [4.78, 5) is 0. The van der Waals surface area contributed by atoms with Crippen molar-refractivity contribution in [1.29, 1.82) is 0 Å². The average Bonchev–Trinajstić information content (AvgIpc) is 2.93. The van der Waals surface area contributed by atoms with Crippen LogP contribution in [0.4, 0.5) is 0 Å². The molecule has 0 aliphatic heterocycles. The zero-order valence-electron chi connectivity index (χ0n) is 25.9. The van der Waals surface area contributed by atoms with Crippen LogP contribution in [0.5, 0.6) is 0 Å². The minimum Gasteiger partial charge on any atom is -0.0693 e. The summed E-state index contributed by atoms with van der Waals surface area (Å²) < 4.78 is 0. The summed E-state index contributed by atoms with van der Waals surface area (Å²) in [6.07, 6.45) is 0. The largest absolute Gasteiger partial charge is 0.0693 e. The van der Waals surface area contributed by atoms with Crippen molar-refractivity contribution in [2.45, 2.75) is 78.0 Å². The van der Waals surface area contributed by atoms with Crippen molar-refractivity contribution in [3.63, 3.8) is 0 Å². The average molecular weight is 585 g/mol. The van der Waals surface area contributed by atoms with Crippen molar-refractivity contribution in [3.8, 4) is 22.3 Å². The predicted molar refractivity (Wildman–Crippen MR) is 190 cm³/mol. The molecule has 0 amide bonds. The molecule has 4 rings (SSSR count). The lowest BCUT2D eigenvalue weighted by Gasteiger charge is -2.33. The molecule has 0 fully saturated rings. The van der Waals surface area contributed by atoms with E-state index in [1.165, 1.54) is 22.3 Å². The van der Waals surface area contributed by atoms with Gasteiger partial charge >= 0.3 is 0 Å². The molecule has 0 aliphatic carbocycles. The van der Waals surface area contributed by atoms with E-state index < -0.39 is 7.92 Å². The zero-order valence-corrected chi connectivity index (χ0v) is 28.6. The van der Waals surface area contributed by atoms with E-state index in [0.29, 0.717) is 22.6 Å². The third-order valence-electron chi connectivity index (χ3n) is 7.67. The first-order chi connectivity index (χ1) is 19.1. The van der Waals surface area contributed by atoms with Crippen LogP contribution in [0.25, 0.3) is 22.3 Å². The molecule has 0 spiro atoms. The molecule has 0 aromatic heterocycles. The molecule has 210 valence electrons. The van der Waals surface area contributed by atoms with Crippen molar-refractivity contribution in [3.05, 3.63) is 97.1 Å². The summed E-state index contributed by atoms with van der Waals surface area (Å²) >= 11 is 0. The van der Waals surface area contributed by atoms with Crippen LogP contribution >= 0.6 is 23.8 Å². The first kappa shape index (κ1) is 31.1. The molecule has 0 saturated carbocycles. The van der Waals surface area contributed by atoms with Gasteiger partial charge in [-0.2, -0.15) is 0 Å². The summed E-state index contributed by atoms with van der Waals surface area (Å²) in [5.74, 6) is 0. The summed E-state index contributed by atoms with van der Waals surface area (Å²) in [5, 5.41) is 6.40. The van der Waals surface area contributed by atoms with E-state index in [-0.39, 0.29) is 15.8 Å². The van der Waals surface area contributed by atoms with Gasteiger partial charge in [0.15, 0.2) is 0 Å². The Morgan fingerprint density at radius 1 is 0.375 bits per heavy atom. The van der Waals surface area contributed by atoms with Gasteiger partial charge in [-0.3, -0.25) is 0 Å².